The van der Waals surface area contributed by atoms with Crippen molar-refractivity contribution in [1.29, 1.82) is 0 Å². The Bertz CT molecular complexity index is 714. The van der Waals surface area contributed by atoms with Crippen LogP contribution in [0.5, 0.6) is 0 Å². The van der Waals surface area contributed by atoms with Gasteiger partial charge in [-0.1, -0.05) is 18.6 Å². The molecule has 6 nitrogen and oxygen atoms in total. The summed E-state index contributed by atoms with van der Waals surface area (Å²) in [6, 6.07) is 7.88. The van der Waals surface area contributed by atoms with Crippen LogP contribution in [-0.4, -0.2) is 78.0 Å². The number of aliphatic carboxylic acids is 1. The van der Waals surface area contributed by atoms with Crippen LogP contribution < -0.4 is 0 Å². The van der Waals surface area contributed by atoms with Crippen molar-refractivity contribution in [2.24, 2.45) is 11.3 Å². The summed E-state index contributed by atoms with van der Waals surface area (Å²) in [6.45, 7) is 5.35. The van der Waals surface area contributed by atoms with E-state index in [4.69, 9.17) is 0 Å². The number of piperidine rings is 1. The second kappa shape index (κ2) is 7.24. The number of hydrogen-bond donors (Lipinski definition) is 1. The average Bonchev–Trinajstić information content (AvgIpc) is 3.16. The molecule has 4 rings (SSSR count). The molecule has 1 N–H and O–H groups in total. The molecule has 0 unspecified atom stereocenters. The van der Waals surface area contributed by atoms with E-state index in [-0.39, 0.29) is 11.8 Å². The number of nitrogens with zero attached hydrogens (tertiary/aromatic N) is 3. The van der Waals surface area contributed by atoms with E-state index in [1.165, 1.54) is 24.8 Å². The van der Waals surface area contributed by atoms with E-state index in [1.807, 2.05) is 31.3 Å². The zero-order valence-electron chi connectivity index (χ0n) is 16.1. The SMILES string of the molecule is CN1C[C@H]2CN(C(=O)c3ccc(CN4CCCCC4)cc3)C[C@@]2(C(=O)O)C1. The van der Waals surface area contributed by atoms with Crippen LogP contribution in [-0.2, 0) is 11.3 Å². The quantitative estimate of drug-likeness (QED) is 0.874. The summed E-state index contributed by atoms with van der Waals surface area (Å²) in [5.74, 6) is -0.802. The number of carbonyl (C=O) groups excluding carboxylic acids is 1. The highest BCUT2D eigenvalue weighted by Gasteiger charge is 2.57. The molecule has 146 valence electrons. The minimum atomic E-state index is -0.807. The Morgan fingerprint density at radius 1 is 1.07 bits per heavy atom. The van der Waals surface area contributed by atoms with Crippen LogP contribution in [0, 0.1) is 11.3 Å². The number of carboxylic acid groups (broad SMARTS) is 1. The summed E-state index contributed by atoms with van der Waals surface area (Å²) in [7, 11) is 1.95. The van der Waals surface area contributed by atoms with Gasteiger partial charge in [0.15, 0.2) is 0 Å². The van der Waals surface area contributed by atoms with Crippen molar-refractivity contribution >= 4 is 11.9 Å². The summed E-state index contributed by atoms with van der Waals surface area (Å²) in [6.07, 6.45) is 3.87. The first-order valence-electron chi connectivity index (χ1n) is 10.0. The molecule has 3 aliphatic rings. The van der Waals surface area contributed by atoms with Gasteiger partial charge in [-0.05, 0) is 50.7 Å². The van der Waals surface area contributed by atoms with Crippen LogP contribution in [0.25, 0.3) is 0 Å². The normalized spacial score (nSPS) is 29.1. The number of carbonyl (C=O) groups is 2. The largest absolute Gasteiger partial charge is 0.481 e. The number of carboxylic acids is 1. The summed E-state index contributed by atoms with van der Waals surface area (Å²) >= 11 is 0. The highest BCUT2D eigenvalue weighted by Crippen LogP contribution is 2.42. The molecule has 0 aromatic heterocycles. The zero-order chi connectivity index (χ0) is 19.0. The van der Waals surface area contributed by atoms with E-state index < -0.39 is 11.4 Å². The van der Waals surface area contributed by atoms with Crippen LogP contribution in [0.2, 0.25) is 0 Å². The number of amides is 1. The minimum absolute atomic E-state index is 0.0160. The van der Waals surface area contributed by atoms with E-state index in [1.54, 1.807) is 4.90 Å². The molecule has 1 amide bonds. The Labute approximate surface area is 160 Å². The van der Waals surface area contributed by atoms with Crippen molar-refractivity contribution in [1.82, 2.24) is 14.7 Å². The fourth-order valence-corrected chi connectivity index (χ4v) is 5.08. The zero-order valence-corrected chi connectivity index (χ0v) is 16.1. The van der Waals surface area contributed by atoms with Gasteiger partial charge in [0, 0.05) is 44.2 Å². The summed E-state index contributed by atoms with van der Waals surface area (Å²) in [4.78, 5) is 31.1. The van der Waals surface area contributed by atoms with Crippen LogP contribution in [0.3, 0.4) is 0 Å². The van der Waals surface area contributed by atoms with E-state index in [2.05, 4.69) is 9.80 Å². The van der Waals surface area contributed by atoms with Crippen LogP contribution >= 0.6 is 0 Å². The first-order chi connectivity index (χ1) is 13.0. The fraction of sp³-hybridized carbons (Fsp3) is 0.619. The van der Waals surface area contributed by atoms with E-state index in [9.17, 15) is 14.7 Å². The van der Waals surface area contributed by atoms with Crippen LogP contribution in [0.1, 0.15) is 35.2 Å². The maximum Gasteiger partial charge on any atom is 0.313 e. The fourth-order valence-electron chi connectivity index (χ4n) is 5.08. The lowest BCUT2D eigenvalue weighted by atomic mass is 9.81. The van der Waals surface area contributed by atoms with Gasteiger partial charge >= 0.3 is 5.97 Å². The maximum absolute atomic E-state index is 12.9. The van der Waals surface area contributed by atoms with Gasteiger partial charge < -0.3 is 14.9 Å². The van der Waals surface area contributed by atoms with Crippen molar-refractivity contribution < 1.29 is 14.7 Å². The molecule has 3 aliphatic heterocycles. The molecule has 1 aromatic carbocycles. The molecule has 6 heteroatoms. The van der Waals surface area contributed by atoms with Crippen molar-refractivity contribution in [3.05, 3.63) is 35.4 Å². The summed E-state index contributed by atoms with van der Waals surface area (Å²) in [5, 5.41) is 9.78. The summed E-state index contributed by atoms with van der Waals surface area (Å²) in [5.41, 5.74) is 1.08. The van der Waals surface area contributed by atoms with Gasteiger partial charge in [-0.25, -0.2) is 0 Å². The number of rotatable bonds is 4. The molecule has 2 atom stereocenters. The Morgan fingerprint density at radius 2 is 1.78 bits per heavy atom. The molecule has 0 radical (unpaired) electrons. The van der Waals surface area contributed by atoms with Crippen LogP contribution in [0.4, 0.5) is 0 Å². The second-order valence-electron chi connectivity index (χ2n) is 8.57. The van der Waals surface area contributed by atoms with Gasteiger partial charge in [0.1, 0.15) is 5.41 Å². The first kappa shape index (κ1) is 18.4. The number of hydrogen-bond acceptors (Lipinski definition) is 4. The lowest BCUT2D eigenvalue weighted by molar-refractivity contribution is -0.148. The third-order valence-electron chi connectivity index (χ3n) is 6.55. The molecular weight excluding hydrogens is 342 g/mol. The average molecular weight is 371 g/mol. The van der Waals surface area contributed by atoms with Gasteiger partial charge in [-0.3, -0.25) is 14.5 Å². The minimum Gasteiger partial charge on any atom is -0.481 e. The molecule has 1 aromatic rings. The molecule has 27 heavy (non-hydrogen) atoms. The van der Waals surface area contributed by atoms with Gasteiger partial charge in [-0.2, -0.15) is 0 Å². The molecule has 0 spiro atoms. The van der Waals surface area contributed by atoms with Gasteiger partial charge in [0.2, 0.25) is 0 Å². The van der Waals surface area contributed by atoms with Crippen molar-refractivity contribution in [2.45, 2.75) is 25.8 Å². The Hall–Kier alpha value is -1.92. The predicted octanol–water partition coefficient (Wildman–Crippen LogP) is 1.76. The van der Waals surface area contributed by atoms with Crippen molar-refractivity contribution in [2.75, 3.05) is 46.3 Å². The highest BCUT2D eigenvalue weighted by molar-refractivity contribution is 5.95. The van der Waals surface area contributed by atoms with Gasteiger partial charge in [0.25, 0.3) is 5.91 Å². The topological polar surface area (TPSA) is 64.1 Å². The monoisotopic (exact) mass is 371 g/mol. The van der Waals surface area contributed by atoms with Gasteiger partial charge in [-0.15, -0.1) is 0 Å². The smallest absolute Gasteiger partial charge is 0.313 e. The number of benzene rings is 1. The van der Waals surface area contributed by atoms with Crippen LogP contribution in [0.15, 0.2) is 24.3 Å². The molecule has 3 fully saturated rings. The summed E-state index contributed by atoms with van der Waals surface area (Å²) < 4.78 is 0. The standard InChI is InChI=1S/C21H29N3O3/c1-22-12-18-13-24(15-21(18,14-22)20(26)27)19(25)17-7-5-16(6-8-17)11-23-9-3-2-4-10-23/h5-8,18H,2-4,9-15H2,1H3,(H,26,27)/t18-,21-/m0/s1. The van der Waals surface area contributed by atoms with Gasteiger partial charge in [0.05, 0.1) is 0 Å². The third-order valence-corrected chi connectivity index (χ3v) is 6.55. The van der Waals surface area contributed by atoms with Crippen molar-refractivity contribution in [3.63, 3.8) is 0 Å². The molecule has 0 bridgehead atoms. The Balaban J connectivity index is 1.42. The van der Waals surface area contributed by atoms with E-state index in [0.29, 0.717) is 25.2 Å². The van der Waals surface area contributed by atoms with E-state index >= 15 is 0 Å². The molecule has 0 saturated carbocycles. The predicted molar refractivity (Wildman–Crippen MR) is 103 cm³/mol. The molecular formula is C21H29N3O3. The maximum atomic E-state index is 12.9. The highest BCUT2D eigenvalue weighted by atomic mass is 16.4. The second-order valence-corrected chi connectivity index (χ2v) is 8.57. The van der Waals surface area contributed by atoms with E-state index in [0.717, 1.165) is 26.2 Å². The molecule has 3 saturated heterocycles. The molecule has 3 heterocycles. The third kappa shape index (κ3) is 3.48. The first-order valence-corrected chi connectivity index (χ1v) is 10.0. The number of fused-ring (bicyclic) bond motifs is 1. The Kier molecular flexibility index (Phi) is 4.95. The lowest BCUT2D eigenvalue weighted by Gasteiger charge is -2.26. The molecule has 0 aliphatic carbocycles. The Morgan fingerprint density at radius 3 is 2.41 bits per heavy atom. The van der Waals surface area contributed by atoms with Crippen molar-refractivity contribution in [3.8, 4) is 0 Å². The number of likely N-dealkylation sites (tertiary alicyclic amines) is 3. The lowest BCUT2D eigenvalue weighted by Crippen LogP contribution is -2.41.